The van der Waals surface area contributed by atoms with Crippen LogP contribution in [0.4, 0.5) is 10.5 Å². The third-order valence-electron chi connectivity index (χ3n) is 5.01. The first-order valence-corrected chi connectivity index (χ1v) is 8.49. The number of benzene rings is 1. The van der Waals surface area contributed by atoms with Crippen molar-refractivity contribution in [3.8, 4) is 0 Å². The number of carbonyl (C=O) groups excluding carboxylic acids is 3. The second kappa shape index (κ2) is 6.63. The maximum Gasteiger partial charge on any atom is 0.325 e. The van der Waals surface area contributed by atoms with E-state index in [0.29, 0.717) is 12.8 Å². The molecule has 1 aromatic carbocycles. The van der Waals surface area contributed by atoms with Gasteiger partial charge in [-0.2, -0.15) is 0 Å². The summed E-state index contributed by atoms with van der Waals surface area (Å²) < 4.78 is 0. The molecule has 128 valence electrons. The average Bonchev–Trinajstić information content (AvgIpc) is 2.77. The SMILES string of the molecule is CN(C(=O)CN1C(=O)NC2(CCCCCC2)C1=O)c1ccccc1. The number of hydrogen-bond donors (Lipinski definition) is 1. The molecule has 1 saturated carbocycles. The normalized spacial score (nSPS) is 20.0. The van der Waals surface area contributed by atoms with Gasteiger partial charge in [0.2, 0.25) is 5.91 Å². The number of nitrogens with zero attached hydrogens (tertiary/aromatic N) is 2. The molecule has 6 nitrogen and oxygen atoms in total. The molecule has 0 atom stereocenters. The predicted molar refractivity (Wildman–Crippen MR) is 90.5 cm³/mol. The fourth-order valence-electron chi connectivity index (χ4n) is 3.53. The molecule has 1 aromatic rings. The highest BCUT2D eigenvalue weighted by molar-refractivity contribution is 6.10. The van der Waals surface area contributed by atoms with Gasteiger partial charge in [0.15, 0.2) is 0 Å². The molecule has 1 N–H and O–H groups in total. The van der Waals surface area contributed by atoms with Gasteiger partial charge in [0.25, 0.3) is 5.91 Å². The van der Waals surface area contributed by atoms with Crippen LogP contribution in [0.3, 0.4) is 0 Å². The molecule has 0 unspecified atom stereocenters. The van der Waals surface area contributed by atoms with Crippen molar-refractivity contribution in [2.45, 2.75) is 44.1 Å². The molecular weight excluding hydrogens is 306 g/mol. The zero-order chi connectivity index (χ0) is 17.2. The first-order valence-electron chi connectivity index (χ1n) is 8.49. The van der Waals surface area contributed by atoms with Crippen LogP contribution in [0.2, 0.25) is 0 Å². The minimum Gasteiger partial charge on any atom is -0.323 e. The maximum atomic E-state index is 12.8. The fourth-order valence-corrected chi connectivity index (χ4v) is 3.53. The summed E-state index contributed by atoms with van der Waals surface area (Å²) in [6.45, 7) is -0.224. The van der Waals surface area contributed by atoms with Gasteiger partial charge in [0.1, 0.15) is 12.1 Å². The topological polar surface area (TPSA) is 69.7 Å². The van der Waals surface area contributed by atoms with Crippen molar-refractivity contribution in [1.29, 1.82) is 0 Å². The number of para-hydroxylation sites is 1. The van der Waals surface area contributed by atoms with E-state index >= 15 is 0 Å². The summed E-state index contributed by atoms with van der Waals surface area (Å²) in [7, 11) is 1.65. The molecule has 24 heavy (non-hydrogen) atoms. The van der Waals surface area contributed by atoms with Crippen molar-refractivity contribution < 1.29 is 14.4 Å². The Bertz CT molecular complexity index is 636. The molecule has 0 bridgehead atoms. The third kappa shape index (κ3) is 3.00. The molecule has 0 radical (unpaired) electrons. The maximum absolute atomic E-state index is 12.8. The lowest BCUT2D eigenvalue weighted by molar-refractivity contribution is -0.134. The summed E-state index contributed by atoms with van der Waals surface area (Å²) in [6, 6.07) is 8.74. The van der Waals surface area contributed by atoms with E-state index in [4.69, 9.17) is 0 Å². The molecule has 1 saturated heterocycles. The van der Waals surface area contributed by atoms with Crippen LogP contribution in [0.5, 0.6) is 0 Å². The molecule has 6 heteroatoms. The van der Waals surface area contributed by atoms with Crippen molar-refractivity contribution >= 4 is 23.5 Å². The van der Waals surface area contributed by atoms with Gasteiger partial charge < -0.3 is 10.2 Å². The molecule has 3 rings (SSSR count). The van der Waals surface area contributed by atoms with E-state index in [1.165, 1.54) is 4.90 Å². The number of likely N-dealkylation sites (N-methyl/N-ethyl adjacent to an activating group) is 1. The van der Waals surface area contributed by atoms with Gasteiger partial charge in [-0.25, -0.2) is 4.79 Å². The van der Waals surface area contributed by atoms with Crippen molar-refractivity contribution in [3.63, 3.8) is 0 Å². The predicted octanol–water partition coefficient (Wildman–Crippen LogP) is 2.29. The Kier molecular flexibility index (Phi) is 4.55. The second-order valence-corrected chi connectivity index (χ2v) is 6.61. The standard InChI is InChI=1S/C18H23N3O3/c1-20(14-9-5-4-6-10-14)15(22)13-21-16(23)18(19-17(21)24)11-7-2-3-8-12-18/h4-6,9-10H,2-3,7-8,11-13H2,1H3,(H,19,24). The van der Waals surface area contributed by atoms with Crippen molar-refractivity contribution in [2.24, 2.45) is 0 Å². The van der Waals surface area contributed by atoms with Crippen LogP contribution >= 0.6 is 0 Å². The summed E-state index contributed by atoms with van der Waals surface area (Å²) in [5, 5.41) is 2.86. The highest BCUT2D eigenvalue weighted by Gasteiger charge is 2.51. The number of anilines is 1. The minimum absolute atomic E-state index is 0.224. The first-order chi connectivity index (χ1) is 11.5. The summed E-state index contributed by atoms with van der Waals surface area (Å²) in [5.74, 6) is -0.528. The summed E-state index contributed by atoms with van der Waals surface area (Å²) in [6.07, 6.45) is 5.35. The van der Waals surface area contributed by atoms with Crippen LogP contribution in [-0.4, -0.2) is 41.9 Å². The molecule has 2 aliphatic rings. The van der Waals surface area contributed by atoms with E-state index in [1.54, 1.807) is 7.05 Å². The Morgan fingerprint density at radius 2 is 1.75 bits per heavy atom. The number of rotatable bonds is 3. The molecule has 1 aliphatic heterocycles. The fraction of sp³-hybridized carbons (Fsp3) is 0.500. The highest BCUT2D eigenvalue weighted by Crippen LogP contribution is 2.32. The average molecular weight is 329 g/mol. The number of urea groups is 1. The van der Waals surface area contributed by atoms with Crippen LogP contribution in [-0.2, 0) is 9.59 Å². The monoisotopic (exact) mass is 329 g/mol. The zero-order valence-corrected chi connectivity index (χ0v) is 14.0. The molecule has 1 heterocycles. The lowest BCUT2D eigenvalue weighted by atomic mass is 9.90. The van der Waals surface area contributed by atoms with E-state index in [-0.39, 0.29) is 18.4 Å². The molecule has 2 fully saturated rings. The van der Waals surface area contributed by atoms with Crippen molar-refractivity contribution in [1.82, 2.24) is 10.2 Å². The van der Waals surface area contributed by atoms with E-state index < -0.39 is 11.6 Å². The summed E-state index contributed by atoms with van der Waals surface area (Å²) in [4.78, 5) is 40.1. The van der Waals surface area contributed by atoms with Gasteiger partial charge in [0, 0.05) is 12.7 Å². The lowest BCUT2D eigenvalue weighted by Gasteiger charge is -2.25. The van der Waals surface area contributed by atoms with Crippen LogP contribution in [0.25, 0.3) is 0 Å². The molecule has 4 amide bonds. The third-order valence-corrected chi connectivity index (χ3v) is 5.01. The number of amides is 4. The van der Waals surface area contributed by atoms with E-state index in [0.717, 1.165) is 36.3 Å². The largest absolute Gasteiger partial charge is 0.325 e. The summed E-state index contributed by atoms with van der Waals surface area (Å²) >= 11 is 0. The molecule has 0 aromatic heterocycles. The van der Waals surface area contributed by atoms with Crippen LogP contribution in [0.15, 0.2) is 30.3 Å². The zero-order valence-electron chi connectivity index (χ0n) is 14.0. The minimum atomic E-state index is -0.792. The van der Waals surface area contributed by atoms with Crippen molar-refractivity contribution in [3.05, 3.63) is 30.3 Å². The molecular formula is C18H23N3O3. The Morgan fingerprint density at radius 3 is 2.38 bits per heavy atom. The number of nitrogens with one attached hydrogen (secondary N) is 1. The van der Waals surface area contributed by atoms with E-state index in [2.05, 4.69) is 5.32 Å². The molecule has 1 spiro atoms. The van der Waals surface area contributed by atoms with Crippen molar-refractivity contribution in [2.75, 3.05) is 18.5 Å². The van der Waals surface area contributed by atoms with Crippen LogP contribution in [0.1, 0.15) is 38.5 Å². The number of hydrogen-bond acceptors (Lipinski definition) is 3. The van der Waals surface area contributed by atoms with E-state index in [9.17, 15) is 14.4 Å². The van der Waals surface area contributed by atoms with E-state index in [1.807, 2.05) is 30.3 Å². The lowest BCUT2D eigenvalue weighted by Crippen LogP contribution is -2.47. The van der Waals surface area contributed by atoms with Gasteiger partial charge in [0.05, 0.1) is 0 Å². The Morgan fingerprint density at radius 1 is 1.12 bits per heavy atom. The number of imide groups is 1. The van der Waals surface area contributed by atoms with Gasteiger partial charge in [-0.1, -0.05) is 43.9 Å². The smallest absolute Gasteiger partial charge is 0.323 e. The van der Waals surface area contributed by atoms with Gasteiger partial charge >= 0.3 is 6.03 Å². The van der Waals surface area contributed by atoms with Gasteiger partial charge in [-0.3, -0.25) is 14.5 Å². The van der Waals surface area contributed by atoms with Crippen LogP contribution in [0, 0.1) is 0 Å². The first kappa shape index (κ1) is 16.5. The second-order valence-electron chi connectivity index (χ2n) is 6.61. The number of carbonyl (C=O) groups is 3. The highest BCUT2D eigenvalue weighted by atomic mass is 16.2. The van der Waals surface area contributed by atoms with Gasteiger partial charge in [-0.05, 0) is 25.0 Å². The molecule has 1 aliphatic carbocycles. The Hall–Kier alpha value is -2.37. The Balaban J connectivity index is 1.72. The summed E-state index contributed by atoms with van der Waals surface area (Å²) in [5.41, 5.74) is -0.0575. The van der Waals surface area contributed by atoms with Gasteiger partial charge in [-0.15, -0.1) is 0 Å². The quantitative estimate of drug-likeness (QED) is 0.865. The van der Waals surface area contributed by atoms with Crippen LogP contribution < -0.4 is 10.2 Å². The Labute approximate surface area is 141 Å².